The van der Waals surface area contributed by atoms with E-state index in [0.29, 0.717) is 12.2 Å². The number of halogens is 1. The fourth-order valence-electron chi connectivity index (χ4n) is 1.78. The first-order valence-electron chi connectivity index (χ1n) is 6.32. The van der Waals surface area contributed by atoms with E-state index in [0.717, 1.165) is 0 Å². The van der Waals surface area contributed by atoms with Gasteiger partial charge in [0.25, 0.3) is 5.91 Å². The number of likely N-dealkylation sites (N-methyl/N-ethyl adjacent to an activating group) is 1. The zero-order valence-electron chi connectivity index (χ0n) is 11.9. The lowest BCUT2D eigenvalue weighted by molar-refractivity contribution is 0.0912. The molecule has 0 aromatic heterocycles. The van der Waals surface area contributed by atoms with Crippen LogP contribution in [0.25, 0.3) is 0 Å². The van der Waals surface area contributed by atoms with Gasteiger partial charge in [-0.2, -0.15) is 0 Å². The van der Waals surface area contributed by atoms with Gasteiger partial charge in [0, 0.05) is 18.3 Å². The van der Waals surface area contributed by atoms with Crippen LogP contribution < -0.4 is 11.1 Å². The molecular weight excluding hydrogens is 245 g/mol. The Morgan fingerprint density at radius 3 is 2.58 bits per heavy atom. The number of carbonyl (C=O) groups excluding carboxylic acids is 1. The molecule has 0 aliphatic heterocycles. The molecule has 19 heavy (non-hydrogen) atoms. The number of nitrogens with two attached hydrogens (primary N) is 1. The summed E-state index contributed by atoms with van der Waals surface area (Å²) in [7, 11) is 3.87. The Bertz CT molecular complexity index is 446. The van der Waals surface area contributed by atoms with Crippen LogP contribution in [-0.2, 0) is 0 Å². The summed E-state index contributed by atoms with van der Waals surface area (Å²) in [5.41, 5.74) is 5.95. The van der Waals surface area contributed by atoms with E-state index in [1.807, 2.05) is 32.8 Å². The lowest BCUT2D eigenvalue weighted by Crippen LogP contribution is -2.45. The van der Waals surface area contributed by atoms with Crippen LogP contribution in [0.2, 0.25) is 0 Å². The SMILES string of the molecule is CC(C)C(CN(C)C)NC(=O)c1cc(N)ccc1F. The number of hydrogen-bond donors (Lipinski definition) is 2. The van der Waals surface area contributed by atoms with E-state index in [4.69, 9.17) is 5.73 Å². The minimum Gasteiger partial charge on any atom is -0.399 e. The Morgan fingerprint density at radius 1 is 1.42 bits per heavy atom. The number of hydrogen-bond acceptors (Lipinski definition) is 3. The van der Waals surface area contributed by atoms with Gasteiger partial charge in [0.15, 0.2) is 0 Å². The Morgan fingerprint density at radius 2 is 2.05 bits per heavy atom. The van der Waals surface area contributed by atoms with E-state index in [9.17, 15) is 9.18 Å². The molecule has 0 spiro atoms. The second-order valence-corrected chi connectivity index (χ2v) is 5.33. The minimum absolute atomic E-state index is 0.00981. The van der Waals surface area contributed by atoms with Crippen LogP contribution in [0.15, 0.2) is 18.2 Å². The van der Waals surface area contributed by atoms with Gasteiger partial charge in [-0.05, 0) is 38.2 Å². The van der Waals surface area contributed by atoms with Crippen molar-refractivity contribution in [2.75, 3.05) is 26.4 Å². The molecule has 3 N–H and O–H groups in total. The highest BCUT2D eigenvalue weighted by molar-refractivity contribution is 5.95. The van der Waals surface area contributed by atoms with Crippen LogP contribution in [0, 0.1) is 11.7 Å². The van der Waals surface area contributed by atoms with Crippen molar-refractivity contribution in [3.63, 3.8) is 0 Å². The van der Waals surface area contributed by atoms with Crippen LogP contribution >= 0.6 is 0 Å². The molecule has 4 nitrogen and oxygen atoms in total. The quantitative estimate of drug-likeness (QED) is 0.799. The summed E-state index contributed by atoms with van der Waals surface area (Å²) in [6, 6.07) is 3.97. The molecule has 1 atom stereocenters. The molecule has 0 aliphatic carbocycles. The Hall–Kier alpha value is -1.62. The molecule has 0 heterocycles. The van der Waals surface area contributed by atoms with E-state index in [-0.39, 0.29) is 17.5 Å². The fraction of sp³-hybridized carbons (Fsp3) is 0.500. The average molecular weight is 267 g/mol. The molecule has 0 aliphatic rings. The lowest BCUT2D eigenvalue weighted by atomic mass is 10.0. The fourth-order valence-corrected chi connectivity index (χ4v) is 1.78. The molecule has 0 radical (unpaired) electrons. The van der Waals surface area contributed by atoms with Crippen molar-refractivity contribution in [2.24, 2.45) is 5.92 Å². The number of anilines is 1. The maximum absolute atomic E-state index is 13.6. The Kier molecular flexibility index (Phi) is 5.30. The summed E-state index contributed by atoms with van der Waals surface area (Å²) >= 11 is 0. The molecular formula is C14H22FN3O. The van der Waals surface area contributed by atoms with Gasteiger partial charge in [-0.1, -0.05) is 13.8 Å². The predicted molar refractivity (Wildman–Crippen MR) is 75.5 cm³/mol. The van der Waals surface area contributed by atoms with Crippen molar-refractivity contribution in [2.45, 2.75) is 19.9 Å². The largest absolute Gasteiger partial charge is 0.399 e. The molecule has 1 aromatic carbocycles. The van der Waals surface area contributed by atoms with E-state index >= 15 is 0 Å². The maximum atomic E-state index is 13.6. The first kappa shape index (κ1) is 15.4. The van der Waals surface area contributed by atoms with Crippen molar-refractivity contribution in [1.29, 1.82) is 0 Å². The van der Waals surface area contributed by atoms with Gasteiger partial charge in [0.1, 0.15) is 5.82 Å². The molecule has 0 fully saturated rings. The van der Waals surface area contributed by atoms with Crippen LogP contribution in [0.3, 0.4) is 0 Å². The van der Waals surface area contributed by atoms with Gasteiger partial charge in [0.05, 0.1) is 5.56 Å². The number of benzene rings is 1. The highest BCUT2D eigenvalue weighted by Gasteiger charge is 2.20. The molecule has 1 amide bonds. The summed E-state index contributed by atoms with van der Waals surface area (Å²) in [6.45, 7) is 4.74. The monoisotopic (exact) mass is 267 g/mol. The maximum Gasteiger partial charge on any atom is 0.254 e. The third kappa shape index (κ3) is 4.52. The highest BCUT2D eigenvalue weighted by Crippen LogP contribution is 2.13. The summed E-state index contributed by atoms with van der Waals surface area (Å²) in [6.07, 6.45) is 0. The zero-order chi connectivity index (χ0) is 14.6. The van der Waals surface area contributed by atoms with Crippen molar-refractivity contribution >= 4 is 11.6 Å². The molecule has 1 rings (SSSR count). The van der Waals surface area contributed by atoms with E-state index in [2.05, 4.69) is 5.32 Å². The van der Waals surface area contributed by atoms with Crippen molar-refractivity contribution in [3.05, 3.63) is 29.6 Å². The summed E-state index contributed by atoms with van der Waals surface area (Å²) in [5, 5.41) is 2.86. The van der Waals surface area contributed by atoms with Crippen molar-refractivity contribution < 1.29 is 9.18 Å². The van der Waals surface area contributed by atoms with Gasteiger partial charge < -0.3 is 16.0 Å². The molecule has 0 saturated heterocycles. The van der Waals surface area contributed by atoms with E-state index < -0.39 is 11.7 Å². The Labute approximate surface area is 113 Å². The van der Waals surface area contributed by atoms with Crippen LogP contribution in [-0.4, -0.2) is 37.5 Å². The first-order chi connectivity index (χ1) is 8.81. The number of amides is 1. The van der Waals surface area contributed by atoms with Gasteiger partial charge in [-0.15, -0.1) is 0 Å². The molecule has 1 aromatic rings. The number of nitrogens with zero attached hydrogens (tertiary/aromatic N) is 1. The van der Waals surface area contributed by atoms with Crippen LogP contribution in [0.1, 0.15) is 24.2 Å². The third-order valence-electron chi connectivity index (χ3n) is 2.92. The Balaban J connectivity index is 2.84. The van der Waals surface area contributed by atoms with Crippen LogP contribution in [0.5, 0.6) is 0 Å². The van der Waals surface area contributed by atoms with Gasteiger partial charge >= 0.3 is 0 Å². The predicted octanol–water partition coefficient (Wildman–Crippen LogP) is 1.72. The van der Waals surface area contributed by atoms with Crippen LogP contribution in [0.4, 0.5) is 10.1 Å². The second kappa shape index (κ2) is 6.52. The lowest BCUT2D eigenvalue weighted by Gasteiger charge is -2.25. The van der Waals surface area contributed by atoms with Gasteiger partial charge in [0.2, 0.25) is 0 Å². The smallest absolute Gasteiger partial charge is 0.254 e. The molecule has 1 unspecified atom stereocenters. The van der Waals surface area contributed by atoms with Gasteiger partial charge in [-0.3, -0.25) is 4.79 Å². The normalized spacial score (nSPS) is 12.8. The summed E-state index contributed by atoms with van der Waals surface area (Å²) in [4.78, 5) is 14.1. The van der Waals surface area contributed by atoms with E-state index in [1.165, 1.54) is 18.2 Å². The van der Waals surface area contributed by atoms with E-state index in [1.54, 1.807) is 0 Å². The summed E-state index contributed by atoms with van der Waals surface area (Å²) < 4.78 is 13.6. The van der Waals surface area contributed by atoms with Crippen molar-refractivity contribution in [1.82, 2.24) is 10.2 Å². The topological polar surface area (TPSA) is 58.4 Å². The highest BCUT2D eigenvalue weighted by atomic mass is 19.1. The van der Waals surface area contributed by atoms with Crippen molar-refractivity contribution in [3.8, 4) is 0 Å². The summed E-state index contributed by atoms with van der Waals surface area (Å²) in [5.74, 6) is -0.722. The number of nitrogens with one attached hydrogen (secondary N) is 1. The second-order valence-electron chi connectivity index (χ2n) is 5.33. The third-order valence-corrected chi connectivity index (χ3v) is 2.92. The average Bonchev–Trinajstić information content (AvgIpc) is 2.30. The standard InChI is InChI=1S/C14H22FN3O/c1-9(2)13(8-18(3)4)17-14(19)11-7-10(16)5-6-12(11)15/h5-7,9,13H,8,16H2,1-4H3,(H,17,19). The minimum atomic E-state index is -0.556. The van der Waals surface area contributed by atoms with Gasteiger partial charge in [-0.25, -0.2) is 4.39 Å². The number of nitrogen functional groups attached to an aromatic ring is 1. The molecule has 5 heteroatoms. The number of carbonyl (C=O) groups is 1. The first-order valence-corrected chi connectivity index (χ1v) is 6.32. The number of rotatable bonds is 5. The molecule has 0 saturated carbocycles. The molecule has 0 bridgehead atoms. The zero-order valence-corrected chi connectivity index (χ0v) is 11.9. The molecule has 106 valence electrons.